The van der Waals surface area contributed by atoms with E-state index in [0.717, 1.165) is 23.8 Å². The maximum atomic E-state index is 9.49. The largest absolute Gasteiger partial charge is 0.388 e. The highest BCUT2D eigenvalue weighted by Gasteiger charge is 2.20. The van der Waals surface area contributed by atoms with Crippen LogP contribution in [0.1, 0.15) is 42.7 Å². The summed E-state index contributed by atoms with van der Waals surface area (Å²) in [4.78, 5) is 7.94. The lowest BCUT2D eigenvalue weighted by Crippen LogP contribution is -2.35. The van der Waals surface area contributed by atoms with E-state index in [9.17, 15) is 5.11 Å². The first-order chi connectivity index (χ1) is 8.19. The monoisotopic (exact) mass is 254 g/mol. The van der Waals surface area contributed by atoms with E-state index in [-0.39, 0.29) is 6.10 Å². The van der Waals surface area contributed by atoms with E-state index in [2.05, 4.69) is 16.8 Å². The van der Waals surface area contributed by atoms with Gasteiger partial charge in [0, 0.05) is 19.2 Å². The molecule has 2 rings (SSSR count). The zero-order valence-electron chi connectivity index (χ0n) is 10.7. The number of aliphatic hydroxyl groups excluding tert-OH is 1. The molecule has 4 heteroatoms. The molecule has 2 unspecified atom stereocenters. The summed E-state index contributed by atoms with van der Waals surface area (Å²) in [6.45, 7) is 7.66. The molecule has 2 heterocycles. The third kappa shape index (κ3) is 3.50. The summed E-state index contributed by atoms with van der Waals surface area (Å²) >= 11 is 1.66. The lowest BCUT2D eigenvalue weighted by molar-refractivity contribution is 0.182. The maximum Gasteiger partial charge on any atom is 0.0931 e. The molecule has 2 atom stereocenters. The van der Waals surface area contributed by atoms with Gasteiger partial charge in [-0.25, -0.2) is 4.98 Å². The Hall–Kier alpha value is -0.450. The van der Waals surface area contributed by atoms with Crippen LogP contribution >= 0.6 is 11.3 Å². The van der Waals surface area contributed by atoms with Crippen molar-refractivity contribution in [2.24, 2.45) is 5.92 Å². The fraction of sp³-hybridized carbons (Fsp3) is 0.769. The van der Waals surface area contributed by atoms with Gasteiger partial charge >= 0.3 is 0 Å². The number of aromatic nitrogens is 1. The summed E-state index contributed by atoms with van der Waals surface area (Å²) < 4.78 is 0. The zero-order chi connectivity index (χ0) is 12.3. The smallest absolute Gasteiger partial charge is 0.0931 e. The van der Waals surface area contributed by atoms with Crippen molar-refractivity contribution >= 4 is 11.3 Å². The Bertz CT molecular complexity index is 351. The van der Waals surface area contributed by atoms with Gasteiger partial charge in [0.2, 0.25) is 0 Å². The van der Waals surface area contributed by atoms with Crippen molar-refractivity contribution in [3.63, 3.8) is 0 Å². The summed E-state index contributed by atoms with van der Waals surface area (Å²) in [5.74, 6) is 0.747. The quantitative estimate of drug-likeness (QED) is 0.896. The summed E-state index contributed by atoms with van der Waals surface area (Å²) in [7, 11) is 0. The average Bonchev–Trinajstić information content (AvgIpc) is 2.78. The van der Waals surface area contributed by atoms with Gasteiger partial charge in [0.25, 0.3) is 0 Å². The van der Waals surface area contributed by atoms with Crippen LogP contribution in [0.3, 0.4) is 0 Å². The minimum atomic E-state index is -0.375. The number of nitrogens with zero attached hydrogens (tertiary/aromatic N) is 2. The van der Waals surface area contributed by atoms with E-state index in [4.69, 9.17) is 0 Å². The molecule has 0 saturated carbocycles. The van der Waals surface area contributed by atoms with Crippen LogP contribution in [-0.4, -0.2) is 34.6 Å². The molecule has 1 N–H and O–H groups in total. The summed E-state index contributed by atoms with van der Waals surface area (Å²) in [5.41, 5.74) is 0. The molecule has 0 bridgehead atoms. The average molecular weight is 254 g/mol. The summed E-state index contributed by atoms with van der Waals surface area (Å²) in [5, 5.41) is 10.7. The van der Waals surface area contributed by atoms with E-state index in [0.29, 0.717) is 0 Å². The number of hydrogen-bond donors (Lipinski definition) is 1. The number of piperidine rings is 1. The number of likely N-dealkylation sites (tertiary alicyclic amines) is 1. The Morgan fingerprint density at radius 1 is 1.65 bits per heavy atom. The Kier molecular flexibility index (Phi) is 4.54. The van der Waals surface area contributed by atoms with E-state index in [1.54, 1.807) is 18.3 Å². The van der Waals surface area contributed by atoms with Crippen molar-refractivity contribution in [3.8, 4) is 0 Å². The van der Waals surface area contributed by atoms with Crippen molar-refractivity contribution in [3.05, 3.63) is 16.1 Å². The topological polar surface area (TPSA) is 36.4 Å². The molecule has 0 aliphatic carbocycles. The van der Waals surface area contributed by atoms with Gasteiger partial charge in [-0.2, -0.15) is 0 Å². The molecule has 17 heavy (non-hydrogen) atoms. The first-order valence-corrected chi connectivity index (χ1v) is 7.35. The van der Waals surface area contributed by atoms with E-state index >= 15 is 0 Å². The summed E-state index contributed by atoms with van der Waals surface area (Å²) in [6, 6.07) is 0. The summed E-state index contributed by atoms with van der Waals surface area (Å²) in [6.07, 6.45) is 5.16. The molecule has 3 nitrogen and oxygen atoms in total. The second kappa shape index (κ2) is 5.94. The van der Waals surface area contributed by atoms with Crippen LogP contribution in [0.15, 0.2) is 6.20 Å². The second-order valence-corrected chi connectivity index (χ2v) is 6.08. The van der Waals surface area contributed by atoms with Crippen molar-refractivity contribution in [2.45, 2.75) is 39.2 Å². The SMILES string of the molecule is CCN1CCCC(Cc2ncc(C(C)O)s2)C1. The minimum absolute atomic E-state index is 0.375. The molecular formula is C13H22N2OS. The van der Waals surface area contributed by atoms with Crippen LogP contribution in [0.5, 0.6) is 0 Å². The van der Waals surface area contributed by atoms with Crippen LogP contribution < -0.4 is 0 Å². The second-order valence-electron chi connectivity index (χ2n) is 4.94. The molecule has 0 radical (unpaired) electrons. The van der Waals surface area contributed by atoms with Gasteiger partial charge in [0.15, 0.2) is 0 Å². The van der Waals surface area contributed by atoms with Gasteiger partial charge in [-0.15, -0.1) is 11.3 Å². The number of hydrogen-bond acceptors (Lipinski definition) is 4. The fourth-order valence-electron chi connectivity index (χ4n) is 2.46. The number of rotatable bonds is 4. The molecule has 1 fully saturated rings. The standard InChI is InChI=1S/C13H22N2OS/c1-3-15-6-4-5-11(9-15)7-13-14-8-12(17-13)10(2)16/h8,10-11,16H,3-7,9H2,1-2H3. The van der Waals surface area contributed by atoms with Gasteiger partial charge in [-0.3, -0.25) is 0 Å². The highest BCUT2D eigenvalue weighted by molar-refractivity contribution is 7.11. The Morgan fingerprint density at radius 3 is 3.12 bits per heavy atom. The first-order valence-electron chi connectivity index (χ1n) is 6.54. The van der Waals surface area contributed by atoms with Crippen molar-refractivity contribution < 1.29 is 5.11 Å². The van der Waals surface area contributed by atoms with Crippen LogP contribution in [0, 0.1) is 5.92 Å². The Labute approximate surface area is 107 Å². The molecule has 0 aromatic carbocycles. The van der Waals surface area contributed by atoms with Gasteiger partial charge in [0.05, 0.1) is 16.0 Å². The normalized spacial score (nSPS) is 23.8. The highest BCUT2D eigenvalue weighted by Crippen LogP contribution is 2.25. The molecule has 1 aliphatic heterocycles. The van der Waals surface area contributed by atoms with Crippen LogP contribution in [0.25, 0.3) is 0 Å². The fourth-order valence-corrected chi connectivity index (χ4v) is 3.44. The van der Waals surface area contributed by atoms with E-state index < -0.39 is 0 Å². The highest BCUT2D eigenvalue weighted by atomic mass is 32.1. The lowest BCUT2D eigenvalue weighted by atomic mass is 9.95. The molecule has 0 amide bonds. The molecule has 1 aromatic heterocycles. The predicted octanol–water partition coefficient (Wildman–Crippen LogP) is 2.47. The minimum Gasteiger partial charge on any atom is -0.388 e. The molecule has 96 valence electrons. The molecule has 1 aromatic rings. The molecule has 1 aliphatic rings. The molecular weight excluding hydrogens is 232 g/mol. The third-order valence-corrected chi connectivity index (χ3v) is 4.69. The van der Waals surface area contributed by atoms with Crippen LogP contribution in [-0.2, 0) is 6.42 Å². The van der Waals surface area contributed by atoms with E-state index in [1.165, 1.54) is 30.9 Å². The van der Waals surface area contributed by atoms with Gasteiger partial charge < -0.3 is 10.0 Å². The van der Waals surface area contributed by atoms with Gasteiger partial charge in [0.1, 0.15) is 0 Å². The Balaban J connectivity index is 1.91. The lowest BCUT2D eigenvalue weighted by Gasteiger charge is -2.31. The van der Waals surface area contributed by atoms with Crippen molar-refractivity contribution in [1.29, 1.82) is 0 Å². The van der Waals surface area contributed by atoms with Crippen LogP contribution in [0.4, 0.5) is 0 Å². The molecule has 1 saturated heterocycles. The van der Waals surface area contributed by atoms with Gasteiger partial charge in [-0.1, -0.05) is 6.92 Å². The first kappa shape index (κ1) is 13.0. The van der Waals surface area contributed by atoms with E-state index in [1.807, 2.05) is 6.20 Å². The van der Waals surface area contributed by atoms with Gasteiger partial charge in [-0.05, 0) is 38.8 Å². The predicted molar refractivity (Wildman–Crippen MR) is 71.3 cm³/mol. The number of thiazole rings is 1. The third-order valence-electron chi connectivity index (χ3n) is 3.50. The zero-order valence-corrected chi connectivity index (χ0v) is 11.5. The number of aliphatic hydroxyl groups is 1. The maximum absolute atomic E-state index is 9.49. The van der Waals surface area contributed by atoms with Crippen LogP contribution in [0.2, 0.25) is 0 Å². The van der Waals surface area contributed by atoms with Crippen molar-refractivity contribution in [2.75, 3.05) is 19.6 Å². The molecule has 0 spiro atoms. The van der Waals surface area contributed by atoms with Crippen molar-refractivity contribution in [1.82, 2.24) is 9.88 Å². The Morgan fingerprint density at radius 2 is 2.47 bits per heavy atom.